The summed E-state index contributed by atoms with van der Waals surface area (Å²) in [4.78, 5) is 35.1. The molecule has 0 saturated carbocycles. The molecule has 0 spiro atoms. The molecule has 2 aliphatic rings. The van der Waals surface area contributed by atoms with Gasteiger partial charge in [0, 0.05) is 11.6 Å². The van der Waals surface area contributed by atoms with E-state index < -0.39 is 18.1 Å². The third-order valence-electron chi connectivity index (χ3n) is 6.77. The number of hydrogen-bond acceptors (Lipinski definition) is 7. The van der Waals surface area contributed by atoms with Crippen LogP contribution in [0, 0.1) is 19.8 Å². The van der Waals surface area contributed by atoms with Crippen LogP contribution in [0.1, 0.15) is 22.7 Å². The summed E-state index contributed by atoms with van der Waals surface area (Å²) >= 11 is 0. The minimum Gasteiger partial charge on any atom is -0.496 e. The van der Waals surface area contributed by atoms with E-state index in [9.17, 15) is 9.59 Å². The van der Waals surface area contributed by atoms with Crippen molar-refractivity contribution in [2.45, 2.75) is 26.0 Å². The van der Waals surface area contributed by atoms with Crippen molar-refractivity contribution in [3.05, 3.63) is 77.4 Å². The van der Waals surface area contributed by atoms with Crippen LogP contribution in [0.2, 0.25) is 0 Å². The van der Waals surface area contributed by atoms with Crippen LogP contribution in [0.25, 0.3) is 0 Å². The first-order valence-electron chi connectivity index (χ1n) is 11.7. The number of aryl methyl sites for hydroxylation is 2. The first-order chi connectivity index (χ1) is 17.4. The highest BCUT2D eigenvalue weighted by molar-refractivity contribution is 6.24. The highest BCUT2D eigenvalue weighted by Crippen LogP contribution is 2.51. The second-order valence-electron chi connectivity index (χ2n) is 8.91. The second-order valence-corrected chi connectivity index (χ2v) is 8.91. The van der Waals surface area contributed by atoms with E-state index in [1.165, 1.54) is 4.90 Å². The number of carbonyl (C=O) groups is 2. The summed E-state index contributed by atoms with van der Waals surface area (Å²) in [5.41, 5.74) is 3.83. The van der Waals surface area contributed by atoms with Gasteiger partial charge in [0.25, 0.3) is 5.91 Å². The number of hydroxylamine groups is 1. The van der Waals surface area contributed by atoms with Gasteiger partial charge >= 0.3 is 0 Å². The molecular weight excluding hydrogens is 460 g/mol. The maximum Gasteiger partial charge on any atom is 0.266 e. The third-order valence-corrected chi connectivity index (χ3v) is 6.77. The lowest BCUT2D eigenvalue weighted by Crippen LogP contribution is -2.37. The minimum atomic E-state index is -0.985. The number of amides is 2. The van der Waals surface area contributed by atoms with E-state index in [2.05, 4.69) is 0 Å². The Kier molecular flexibility index (Phi) is 6.05. The largest absolute Gasteiger partial charge is 0.496 e. The normalized spacial score (nSPS) is 21.1. The van der Waals surface area contributed by atoms with E-state index in [1.807, 2.05) is 62.4 Å². The van der Waals surface area contributed by atoms with Crippen LogP contribution in [-0.2, 0) is 14.4 Å². The molecule has 8 heteroatoms. The van der Waals surface area contributed by atoms with Gasteiger partial charge in [-0.1, -0.05) is 35.9 Å². The molecule has 3 aromatic rings. The number of hydrogen-bond donors (Lipinski definition) is 0. The number of methoxy groups -OCH3 is 3. The molecular formula is C28H28N2O6. The number of imide groups is 1. The van der Waals surface area contributed by atoms with Crippen molar-refractivity contribution in [3.8, 4) is 17.2 Å². The van der Waals surface area contributed by atoms with Crippen molar-refractivity contribution in [2.75, 3.05) is 31.3 Å². The highest BCUT2D eigenvalue weighted by atomic mass is 16.7. The second kappa shape index (κ2) is 9.20. The van der Waals surface area contributed by atoms with Crippen molar-refractivity contribution >= 4 is 23.2 Å². The molecule has 36 heavy (non-hydrogen) atoms. The highest BCUT2D eigenvalue weighted by Gasteiger charge is 2.61. The van der Waals surface area contributed by atoms with Gasteiger partial charge in [0.2, 0.25) is 5.91 Å². The Balaban J connectivity index is 1.66. The molecule has 0 aromatic heterocycles. The van der Waals surface area contributed by atoms with Crippen molar-refractivity contribution in [1.82, 2.24) is 0 Å². The molecule has 3 aromatic carbocycles. The summed E-state index contributed by atoms with van der Waals surface area (Å²) < 4.78 is 16.7. The van der Waals surface area contributed by atoms with Gasteiger partial charge in [0.05, 0.1) is 32.7 Å². The van der Waals surface area contributed by atoms with E-state index in [0.29, 0.717) is 34.2 Å². The molecule has 3 atom stereocenters. The molecule has 2 aliphatic heterocycles. The Morgan fingerprint density at radius 2 is 1.44 bits per heavy atom. The van der Waals surface area contributed by atoms with Gasteiger partial charge in [-0.2, -0.15) is 0 Å². The zero-order chi connectivity index (χ0) is 25.6. The fraction of sp³-hybridized carbons (Fsp3) is 0.286. The van der Waals surface area contributed by atoms with Gasteiger partial charge < -0.3 is 14.2 Å². The quantitative estimate of drug-likeness (QED) is 0.477. The number of benzene rings is 3. The van der Waals surface area contributed by atoms with Crippen molar-refractivity contribution < 1.29 is 28.6 Å². The Morgan fingerprint density at radius 3 is 2.08 bits per heavy atom. The van der Waals surface area contributed by atoms with Crippen LogP contribution < -0.4 is 24.2 Å². The van der Waals surface area contributed by atoms with E-state index in [-0.39, 0.29) is 11.8 Å². The first-order valence-corrected chi connectivity index (χ1v) is 11.7. The summed E-state index contributed by atoms with van der Waals surface area (Å²) in [7, 11) is 4.64. The summed E-state index contributed by atoms with van der Waals surface area (Å²) in [6, 6.07) is 17.9. The topological polar surface area (TPSA) is 77.5 Å². The van der Waals surface area contributed by atoms with Crippen molar-refractivity contribution in [1.29, 1.82) is 0 Å². The maximum atomic E-state index is 14.0. The predicted molar refractivity (Wildman–Crippen MR) is 135 cm³/mol. The summed E-state index contributed by atoms with van der Waals surface area (Å²) in [5.74, 6) is -0.0474. The smallest absolute Gasteiger partial charge is 0.266 e. The Morgan fingerprint density at radius 1 is 0.778 bits per heavy atom. The number of nitrogens with zero attached hydrogens (tertiary/aromatic N) is 2. The van der Waals surface area contributed by atoms with E-state index >= 15 is 0 Å². The van der Waals surface area contributed by atoms with Crippen molar-refractivity contribution in [3.63, 3.8) is 0 Å². The lowest BCUT2D eigenvalue weighted by molar-refractivity contribution is -0.126. The fourth-order valence-electron chi connectivity index (χ4n) is 5.11. The molecule has 8 nitrogen and oxygen atoms in total. The Bertz CT molecular complexity index is 1330. The number of ether oxygens (including phenoxy) is 3. The lowest BCUT2D eigenvalue weighted by atomic mass is 9.89. The van der Waals surface area contributed by atoms with Gasteiger partial charge in [-0.05, 0) is 43.7 Å². The molecule has 0 bridgehead atoms. The van der Waals surface area contributed by atoms with Crippen LogP contribution in [0.3, 0.4) is 0 Å². The van der Waals surface area contributed by atoms with E-state index in [1.54, 1.807) is 38.5 Å². The Labute approximate surface area is 209 Å². The molecule has 0 N–H and O–H groups in total. The van der Waals surface area contributed by atoms with Crippen LogP contribution in [0.5, 0.6) is 17.2 Å². The third kappa shape index (κ3) is 3.65. The molecule has 186 valence electrons. The fourth-order valence-corrected chi connectivity index (χ4v) is 5.11. The molecule has 0 unspecified atom stereocenters. The number of fused-ring (bicyclic) bond motifs is 1. The molecule has 0 radical (unpaired) electrons. The summed E-state index contributed by atoms with van der Waals surface area (Å²) in [6.45, 7) is 3.86. The van der Waals surface area contributed by atoms with E-state index in [4.69, 9.17) is 19.0 Å². The standard InChI is InChI=1S/C28H28N2O6/c1-16-11-12-20(17(2)13-16)29-27(31)24-25(19-14-22(34-4)23(35-5)15-21(19)33-3)30(36-26(24)28(29)32)18-9-7-6-8-10-18/h6-15,24-26H,1-5H3/t24-,25+,26+/m0/s1. The van der Waals surface area contributed by atoms with Crippen LogP contribution >= 0.6 is 0 Å². The SMILES string of the molecule is COc1cc(OC)c([C@@H]2[C@@H]3C(=O)N(c4ccc(C)cc4C)C(=O)[C@@H]3ON2c2ccccc2)cc1OC. The maximum absolute atomic E-state index is 14.0. The molecule has 2 amide bonds. The predicted octanol–water partition coefficient (Wildman–Crippen LogP) is 4.38. The molecule has 2 fully saturated rings. The van der Waals surface area contributed by atoms with Gasteiger partial charge in [-0.3, -0.25) is 14.4 Å². The van der Waals surface area contributed by atoms with Crippen LogP contribution in [0.4, 0.5) is 11.4 Å². The average Bonchev–Trinajstić information content (AvgIpc) is 3.39. The number of carbonyl (C=O) groups excluding carboxylic acids is 2. The molecule has 2 saturated heterocycles. The zero-order valence-corrected chi connectivity index (χ0v) is 20.8. The van der Waals surface area contributed by atoms with Gasteiger partial charge in [0.15, 0.2) is 17.6 Å². The van der Waals surface area contributed by atoms with Gasteiger partial charge in [-0.25, -0.2) is 9.96 Å². The average molecular weight is 489 g/mol. The first kappa shape index (κ1) is 23.7. The summed E-state index contributed by atoms with van der Waals surface area (Å²) in [6.07, 6.45) is -0.985. The monoisotopic (exact) mass is 488 g/mol. The Hall–Kier alpha value is -4.04. The minimum absolute atomic E-state index is 0.322. The molecule has 0 aliphatic carbocycles. The van der Waals surface area contributed by atoms with Crippen molar-refractivity contribution in [2.24, 2.45) is 5.92 Å². The number of para-hydroxylation sites is 1. The number of anilines is 2. The van der Waals surface area contributed by atoms with Crippen LogP contribution in [0.15, 0.2) is 60.7 Å². The lowest BCUT2D eigenvalue weighted by Gasteiger charge is -2.30. The number of rotatable bonds is 6. The van der Waals surface area contributed by atoms with Gasteiger partial charge in [0.1, 0.15) is 17.7 Å². The van der Waals surface area contributed by atoms with Crippen LogP contribution in [-0.4, -0.2) is 39.2 Å². The zero-order valence-electron chi connectivity index (χ0n) is 20.8. The van der Waals surface area contributed by atoms with E-state index in [0.717, 1.165) is 11.1 Å². The van der Waals surface area contributed by atoms with Gasteiger partial charge in [-0.15, -0.1) is 0 Å². The molecule has 2 heterocycles. The molecule has 5 rings (SSSR count). The summed E-state index contributed by atoms with van der Waals surface area (Å²) in [5, 5.41) is 1.63.